The van der Waals surface area contributed by atoms with Gasteiger partial charge in [0.25, 0.3) is 5.91 Å². The maximum Gasteiger partial charge on any atom is 0.258 e. The molecule has 26 heavy (non-hydrogen) atoms. The molecule has 0 atom stereocenters. The lowest BCUT2D eigenvalue weighted by Gasteiger charge is -2.39. The molecule has 0 saturated carbocycles. The summed E-state index contributed by atoms with van der Waals surface area (Å²) in [5, 5.41) is 0. The van der Waals surface area contributed by atoms with Crippen molar-refractivity contribution in [3.05, 3.63) is 29.8 Å². The van der Waals surface area contributed by atoms with Crippen molar-refractivity contribution >= 4 is 11.8 Å². The van der Waals surface area contributed by atoms with Gasteiger partial charge < -0.3 is 24.0 Å². The molecule has 0 radical (unpaired) electrons. The number of para-hydroxylation sites is 1. The summed E-state index contributed by atoms with van der Waals surface area (Å²) in [7, 11) is 0. The molecule has 1 spiro atoms. The second kappa shape index (κ2) is 7.25. The maximum atomic E-state index is 13.1. The predicted molar refractivity (Wildman–Crippen MR) is 93.2 cm³/mol. The van der Waals surface area contributed by atoms with E-state index in [4.69, 9.17) is 14.2 Å². The molecule has 2 amide bonds. The Kier molecular flexibility index (Phi) is 4.82. The maximum absolute atomic E-state index is 13.1. The van der Waals surface area contributed by atoms with Crippen LogP contribution in [0.3, 0.4) is 0 Å². The van der Waals surface area contributed by atoms with Crippen LogP contribution in [0.2, 0.25) is 0 Å². The normalized spacial score (nSPS) is 22.5. The van der Waals surface area contributed by atoms with E-state index in [1.807, 2.05) is 18.2 Å². The molecule has 140 valence electrons. The molecular weight excluding hydrogens is 336 g/mol. The van der Waals surface area contributed by atoms with Gasteiger partial charge in [0, 0.05) is 25.9 Å². The third kappa shape index (κ3) is 3.41. The molecular formula is C19H24N2O5. The van der Waals surface area contributed by atoms with Crippen LogP contribution in [0.5, 0.6) is 5.75 Å². The molecule has 7 heteroatoms. The van der Waals surface area contributed by atoms with Gasteiger partial charge in [-0.15, -0.1) is 0 Å². The number of amides is 2. The van der Waals surface area contributed by atoms with Crippen molar-refractivity contribution in [2.75, 3.05) is 52.6 Å². The van der Waals surface area contributed by atoms with Gasteiger partial charge in [-0.3, -0.25) is 9.59 Å². The largest absolute Gasteiger partial charge is 0.484 e. The van der Waals surface area contributed by atoms with Gasteiger partial charge in [0.2, 0.25) is 5.91 Å². The molecule has 1 aromatic rings. The van der Waals surface area contributed by atoms with Crippen molar-refractivity contribution in [3.8, 4) is 5.75 Å². The third-order valence-corrected chi connectivity index (χ3v) is 5.30. The van der Waals surface area contributed by atoms with Crippen LogP contribution in [-0.4, -0.2) is 79.8 Å². The topological polar surface area (TPSA) is 68.3 Å². The number of morpholine rings is 1. The van der Waals surface area contributed by atoms with Gasteiger partial charge in [-0.05, 0) is 12.1 Å². The Morgan fingerprint density at radius 1 is 1.04 bits per heavy atom. The Hall–Kier alpha value is -2.12. The summed E-state index contributed by atoms with van der Waals surface area (Å²) in [5.41, 5.74) is 0.0249. The molecule has 1 aromatic carbocycles. The molecule has 3 aliphatic heterocycles. The van der Waals surface area contributed by atoms with Gasteiger partial charge in [-0.25, -0.2) is 0 Å². The van der Waals surface area contributed by atoms with Crippen LogP contribution in [0, 0.1) is 0 Å². The molecule has 0 aliphatic carbocycles. The smallest absolute Gasteiger partial charge is 0.258 e. The van der Waals surface area contributed by atoms with Crippen LogP contribution < -0.4 is 4.74 Å². The Morgan fingerprint density at radius 3 is 2.50 bits per heavy atom. The second-order valence-corrected chi connectivity index (χ2v) is 7.05. The fourth-order valence-corrected chi connectivity index (χ4v) is 3.80. The fraction of sp³-hybridized carbons (Fsp3) is 0.579. The molecule has 2 saturated heterocycles. The van der Waals surface area contributed by atoms with Gasteiger partial charge in [-0.2, -0.15) is 0 Å². The number of hydrogen-bond donors (Lipinski definition) is 0. The van der Waals surface area contributed by atoms with E-state index < -0.39 is 5.60 Å². The number of carbonyl (C=O) groups is 2. The highest BCUT2D eigenvalue weighted by molar-refractivity contribution is 5.99. The van der Waals surface area contributed by atoms with Crippen LogP contribution >= 0.6 is 0 Å². The first-order chi connectivity index (χ1) is 12.7. The lowest BCUT2D eigenvalue weighted by molar-refractivity contribution is -0.136. The van der Waals surface area contributed by atoms with Crippen molar-refractivity contribution in [1.29, 1.82) is 0 Å². The SMILES string of the molecule is O=C(CN1CC2(CCOCC2)Oc2ccccc2C1=O)N1CCOCC1. The van der Waals surface area contributed by atoms with Gasteiger partial charge in [0.1, 0.15) is 17.9 Å². The van der Waals surface area contributed by atoms with Gasteiger partial charge in [0.05, 0.1) is 38.5 Å². The summed E-state index contributed by atoms with van der Waals surface area (Å²) >= 11 is 0. The Balaban J connectivity index is 1.59. The van der Waals surface area contributed by atoms with E-state index in [0.717, 1.165) is 0 Å². The van der Waals surface area contributed by atoms with Crippen LogP contribution in [0.25, 0.3) is 0 Å². The molecule has 0 aromatic heterocycles. The van der Waals surface area contributed by atoms with E-state index in [9.17, 15) is 9.59 Å². The first-order valence-corrected chi connectivity index (χ1v) is 9.17. The summed E-state index contributed by atoms with van der Waals surface area (Å²) in [6.07, 6.45) is 1.41. The third-order valence-electron chi connectivity index (χ3n) is 5.30. The number of hydrogen-bond acceptors (Lipinski definition) is 5. The van der Waals surface area contributed by atoms with Crippen LogP contribution in [0.4, 0.5) is 0 Å². The van der Waals surface area contributed by atoms with Crippen LogP contribution in [0.15, 0.2) is 24.3 Å². The van der Waals surface area contributed by atoms with Crippen molar-refractivity contribution in [1.82, 2.24) is 9.80 Å². The zero-order chi connectivity index (χ0) is 18.0. The first-order valence-electron chi connectivity index (χ1n) is 9.17. The number of benzene rings is 1. The molecule has 0 N–H and O–H groups in total. The van der Waals surface area contributed by atoms with Crippen LogP contribution in [-0.2, 0) is 14.3 Å². The monoisotopic (exact) mass is 360 g/mol. The summed E-state index contributed by atoms with van der Waals surface area (Å²) in [4.78, 5) is 29.2. The number of nitrogens with zero attached hydrogens (tertiary/aromatic N) is 2. The van der Waals surface area contributed by atoms with Crippen molar-refractivity contribution < 1.29 is 23.8 Å². The van der Waals surface area contributed by atoms with E-state index in [2.05, 4.69) is 0 Å². The molecule has 0 unspecified atom stereocenters. The van der Waals surface area contributed by atoms with E-state index in [-0.39, 0.29) is 18.4 Å². The minimum atomic E-state index is -0.494. The Labute approximate surface area is 152 Å². The summed E-state index contributed by atoms with van der Waals surface area (Å²) in [5.74, 6) is 0.412. The van der Waals surface area contributed by atoms with Crippen molar-refractivity contribution in [2.24, 2.45) is 0 Å². The lowest BCUT2D eigenvalue weighted by Crippen LogP contribution is -2.53. The summed E-state index contributed by atoms with van der Waals surface area (Å²) < 4.78 is 17.1. The minimum Gasteiger partial charge on any atom is -0.484 e. The lowest BCUT2D eigenvalue weighted by atomic mass is 9.93. The fourth-order valence-electron chi connectivity index (χ4n) is 3.80. The highest BCUT2D eigenvalue weighted by atomic mass is 16.5. The molecule has 0 bridgehead atoms. The summed E-state index contributed by atoms with van der Waals surface area (Å²) in [6, 6.07) is 7.29. The molecule has 3 aliphatic rings. The molecule has 3 heterocycles. The van der Waals surface area contributed by atoms with Gasteiger partial charge in [0.15, 0.2) is 0 Å². The van der Waals surface area contributed by atoms with E-state index in [1.165, 1.54) is 0 Å². The zero-order valence-corrected chi connectivity index (χ0v) is 14.8. The van der Waals surface area contributed by atoms with E-state index in [0.29, 0.717) is 70.2 Å². The number of rotatable bonds is 2. The van der Waals surface area contributed by atoms with Crippen molar-refractivity contribution in [3.63, 3.8) is 0 Å². The number of ether oxygens (including phenoxy) is 3. The minimum absolute atomic E-state index is 0.0387. The predicted octanol–water partition coefficient (Wildman–Crippen LogP) is 0.929. The van der Waals surface area contributed by atoms with E-state index in [1.54, 1.807) is 15.9 Å². The number of fused-ring (bicyclic) bond motifs is 1. The number of carbonyl (C=O) groups excluding carboxylic acids is 2. The van der Waals surface area contributed by atoms with Crippen molar-refractivity contribution in [2.45, 2.75) is 18.4 Å². The highest BCUT2D eigenvalue weighted by Gasteiger charge is 2.42. The molecule has 4 rings (SSSR count). The average molecular weight is 360 g/mol. The van der Waals surface area contributed by atoms with E-state index >= 15 is 0 Å². The summed E-state index contributed by atoms with van der Waals surface area (Å²) in [6.45, 7) is 3.92. The molecule has 7 nitrogen and oxygen atoms in total. The Bertz CT molecular complexity index is 680. The first kappa shape index (κ1) is 17.3. The van der Waals surface area contributed by atoms with Gasteiger partial charge >= 0.3 is 0 Å². The average Bonchev–Trinajstić information content (AvgIpc) is 2.78. The highest BCUT2D eigenvalue weighted by Crippen LogP contribution is 2.34. The second-order valence-electron chi connectivity index (χ2n) is 7.05. The van der Waals surface area contributed by atoms with Crippen LogP contribution in [0.1, 0.15) is 23.2 Å². The molecule has 2 fully saturated rings. The Morgan fingerprint density at radius 2 is 1.73 bits per heavy atom. The zero-order valence-electron chi connectivity index (χ0n) is 14.8. The standard InChI is InChI=1S/C19H24N2O5/c22-17(20-7-11-25-12-8-20)13-21-14-19(5-9-24-10-6-19)26-16-4-2-1-3-15(16)18(21)23/h1-4H,5-14H2. The quantitative estimate of drug-likeness (QED) is 0.785. The van der Waals surface area contributed by atoms with Gasteiger partial charge in [-0.1, -0.05) is 12.1 Å².